The molecule has 0 aliphatic rings. The van der Waals surface area contributed by atoms with Crippen molar-refractivity contribution < 1.29 is 5.11 Å². The molecule has 0 aliphatic heterocycles. The summed E-state index contributed by atoms with van der Waals surface area (Å²) in [6.45, 7) is 11.1. The second-order valence-electron chi connectivity index (χ2n) is 6.17. The standard InChI is InChI=1S/C19H33N3O.HI/c1-5-7-17(10-11-23)13-21-19(20-6-2)22-14-18-9-8-15(3)12-16(18)4;/h8-9,12,17,23H,5-7,10-11,13-14H2,1-4H3,(H2,20,21,22);1H. The number of aliphatic hydroxyl groups excluding tert-OH is 1. The zero-order valence-electron chi connectivity index (χ0n) is 15.6. The number of aliphatic imine (C=N–C) groups is 1. The van der Waals surface area contributed by atoms with Crippen LogP contribution in [0, 0.1) is 19.8 Å². The van der Waals surface area contributed by atoms with Crippen LogP contribution in [0.15, 0.2) is 23.2 Å². The first-order valence-corrected chi connectivity index (χ1v) is 8.79. The average molecular weight is 447 g/mol. The Morgan fingerprint density at radius 2 is 1.92 bits per heavy atom. The Bertz CT molecular complexity index is 486. The van der Waals surface area contributed by atoms with Crippen LogP contribution in [0.2, 0.25) is 0 Å². The van der Waals surface area contributed by atoms with Crippen LogP contribution < -0.4 is 10.6 Å². The van der Waals surface area contributed by atoms with Crippen LogP contribution in [0.3, 0.4) is 0 Å². The van der Waals surface area contributed by atoms with Crippen molar-refractivity contribution in [2.75, 3.05) is 19.7 Å². The maximum Gasteiger partial charge on any atom is 0.191 e. The highest BCUT2D eigenvalue weighted by atomic mass is 127. The van der Waals surface area contributed by atoms with Crippen LogP contribution in [-0.4, -0.2) is 30.8 Å². The number of hydrogen-bond donors (Lipinski definition) is 3. The van der Waals surface area contributed by atoms with Gasteiger partial charge in [-0.05, 0) is 50.7 Å². The summed E-state index contributed by atoms with van der Waals surface area (Å²) in [4.78, 5) is 4.70. The largest absolute Gasteiger partial charge is 0.396 e. The third-order valence-electron chi connectivity index (χ3n) is 4.04. The number of aliphatic hydroxyl groups is 1. The summed E-state index contributed by atoms with van der Waals surface area (Å²) in [5.41, 5.74) is 3.83. The van der Waals surface area contributed by atoms with Crippen LogP contribution in [0.1, 0.15) is 49.8 Å². The Morgan fingerprint density at radius 3 is 2.50 bits per heavy atom. The van der Waals surface area contributed by atoms with Gasteiger partial charge in [-0.1, -0.05) is 37.1 Å². The third kappa shape index (κ3) is 8.87. The van der Waals surface area contributed by atoms with Crippen LogP contribution >= 0.6 is 24.0 Å². The van der Waals surface area contributed by atoms with Gasteiger partial charge in [0.25, 0.3) is 0 Å². The van der Waals surface area contributed by atoms with Gasteiger partial charge < -0.3 is 15.7 Å². The van der Waals surface area contributed by atoms with Gasteiger partial charge in [0.05, 0.1) is 6.54 Å². The Kier molecular flexibility index (Phi) is 13.0. The van der Waals surface area contributed by atoms with Crippen molar-refractivity contribution in [2.24, 2.45) is 10.9 Å². The highest BCUT2D eigenvalue weighted by Gasteiger charge is 2.08. The number of aryl methyl sites for hydroxylation is 2. The maximum atomic E-state index is 9.16. The van der Waals surface area contributed by atoms with Crippen LogP contribution in [0.5, 0.6) is 0 Å². The molecule has 3 N–H and O–H groups in total. The minimum Gasteiger partial charge on any atom is -0.396 e. The maximum absolute atomic E-state index is 9.16. The van der Waals surface area contributed by atoms with Crippen molar-refractivity contribution in [3.8, 4) is 0 Å². The molecule has 0 saturated carbocycles. The van der Waals surface area contributed by atoms with Crippen molar-refractivity contribution in [3.05, 3.63) is 34.9 Å². The van der Waals surface area contributed by atoms with Gasteiger partial charge in [0.1, 0.15) is 0 Å². The van der Waals surface area contributed by atoms with E-state index in [2.05, 4.69) is 56.5 Å². The molecule has 0 amide bonds. The first kappa shape index (κ1) is 23.2. The fraction of sp³-hybridized carbons (Fsp3) is 0.632. The molecule has 0 bridgehead atoms. The Hall–Kier alpha value is -0.820. The number of nitrogens with one attached hydrogen (secondary N) is 2. The molecule has 0 spiro atoms. The van der Waals surface area contributed by atoms with Gasteiger partial charge in [-0.2, -0.15) is 0 Å². The summed E-state index contributed by atoms with van der Waals surface area (Å²) in [7, 11) is 0. The molecule has 0 aliphatic carbocycles. The van der Waals surface area contributed by atoms with Gasteiger partial charge >= 0.3 is 0 Å². The molecule has 0 saturated heterocycles. The summed E-state index contributed by atoms with van der Waals surface area (Å²) in [5, 5.41) is 15.9. The first-order chi connectivity index (χ1) is 11.1. The highest BCUT2D eigenvalue weighted by molar-refractivity contribution is 14.0. The zero-order chi connectivity index (χ0) is 17.1. The zero-order valence-corrected chi connectivity index (χ0v) is 17.9. The van der Waals surface area contributed by atoms with Crippen molar-refractivity contribution >= 4 is 29.9 Å². The predicted octanol–water partition coefficient (Wildman–Crippen LogP) is 3.78. The molecule has 1 aromatic carbocycles. The molecule has 0 heterocycles. The normalized spacial score (nSPS) is 12.5. The number of guanidine groups is 1. The summed E-state index contributed by atoms with van der Waals surface area (Å²) in [6, 6.07) is 6.49. The van der Waals surface area contributed by atoms with Crippen LogP contribution in [-0.2, 0) is 6.54 Å². The van der Waals surface area contributed by atoms with Gasteiger partial charge in [0, 0.05) is 19.7 Å². The van der Waals surface area contributed by atoms with E-state index in [1.165, 1.54) is 16.7 Å². The molecule has 0 aromatic heterocycles. The lowest BCUT2D eigenvalue weighted by molar-refractivity contribution is 0.251. The molecule has 1 aromatic rings. The van der Waals surface area contributed by atoms with Crippen molar-refractivity contribution in [3.63, 3.8) is 0 Å². The number of nitrogens with zero attached hydrogens (tertiary/aromatic N) is 1. The minimum atomic E-state index is 0. The van der Waals surface area contributed by atoms with Gasteiger partial charge in [0.15, 0.2) is 5.96 Å². The van der Waals surface area contributed by atoms with E-state index >= 15 is 0 Å². The molecule has 24 heavy (non-hydrogen) atoms. The minimum absolute atomic E-state index is 0. The Morgan fingerprint density at radius 1 is 1.17 bits per heavy atom. The first-order valence-electron chi connectivity index (χ1n) is 8.79. The number of rotatable bonds is 9. The molecule has 0 radical (unpaired) electrons. The van der Waals surface area contributed by atoms with Crippen molar-refractivity contribution in [1.29, 1.82) is 0 Å². The average Bonchev–Trinajstić information content (AvgIpc) is 2.51. The second kappa shape index (κ2) is 13.5. The monoisotopic (exact) mass is 447 g/mol. The van der Waals surface area contributed by atoms with Gasteiger partial charge in [-0.3, -0.25) is 0 Å². The van der Waals surface area contributed by atoms with E-state index in [9.17, 15) is 0 Å². The van der Waals surface area contributed by atoms with E-state index in [1.54, 1.807) is 0 Å². The van der Waals surface area contributed by atoms with Crippen molar-refractivity contribution in [2.45, 2.75) is 53.5 Å². The fourth-order valence-corrected chi connectivity index (χ4v) is 2.71. The van der Waals surface area contributed by atoms with E-state index in [0.29, 0.717) is 12.5 Å². The third-order valence-corrected chi connectivity index (χ3v) is 4.04. The summed E-state index contributed by atoms with van der Waals surface area (Å²) in [5.74, 6) is 1.35. The van der Waals surface area contributed by atoms with Crippen molar-refractivity contribution in [1.82, 2.24) is 10.6 Å². The number of halogens is 1. The summed E-state index contributed by atoms with van der Waals surface area (Å²) >= 11 is 0. The van der Waals surface area contributed by atoms with E-state index in [-0.39, 0.29) is 30.6 Å². The molecular weight excluding hydrogens is 413 g/mol. The van der Waals surface area contributed by atoms with Crippen LogP contribution in [0.4, 0.5) is 0 Å². The SMILES string of the molecule is CCCC(CCO)CNC(=NCc1ccc(C)cc1C)NCC.I. The quantitative estimate of drug-likeness (QED) is 0.307. The van der Waals surface area contributed by atoms with E-state index in [0.717, 1.165) is 38.3 Å². The predicted molar refractivity (Wildman–Crippen MR) is 114 cm³/mol. The van der Waals surface area contributed by atoms with E-state index in [1.807, 2.05) is 0 Å². The molecule has 1 unspecified atom stereocenters. The summed E-state index contributed by atoms with van der Waals surface area (Å²) in [6.07, 6.45) is 3.12. The molecule has 4 nitrogen and oxygen atoms in total. The number of hydrogen-bond acceptors (Lipinski definition) is 2. The second-order valence-corrected chi connectivity index (χ2v) is 6.17. The fourth-order valence-electron chi connectivity index (χ4n) is 2.71. The smallest absolute Gasteiger partial charge is 0.191 e. The Labute approximate surface area is 164 Å². The lowest BCUT2D eigenvalue weighted by Crippen LogP contribution is -2.40. The van der Waals surface area contributed by atoms with Gasteiger partial charge in [-0.25, -0.2) is 4.99 Å². The number of benzene rings is 1. The van der Waals surface area contributed by atoms with Gasteiger partial charge in [0.2, 0.25) is 0 Å². The highest BCUT2D eigenvalue weighted by Crippen LogP contribution is 2.12. The van der Waals surface area contributed by atoms with Gasteiger partial charge in [-0.15, -0.1) is 24.0 Å². The molecule has 1 rings (SSSR count). The Balaban J connectivity index is 0.00000529. The molecular formula is C19H34IN3O. The lowest BCUT2D eigenvalue weighted by Gasteiger charge is -2.18. The van der Waals surface area contributed by atoms with Crippen LogP contribution in [0.25, 0.3) is 0 Å². The topological polar surface area (TPSA) is 56.6 Å². The van der Waals surface area contributed by atoms with E-state index in [4.69, 9.17) is 10.1 Å². The lowest BCUT2D eigenvalue weighted by atomic mass is 10.0. The van der Waals surface area contributed by atoms with E-state index < -0.39 is 0 Å². The molecule has 5 heteroatoms. The molecule has 1 atom stereocenters. The molecule has 0 fully saturated rings. The molecule has 138 valence electrons. The summed E-state index contributed by atoms with van der Waals surface area (Å²) < 4.78 is 0.